The SMILES string of the molecule is Cc1c[c]cc(N)n1. The van der Waals surface area contributed by atoms with Crippen LogP contribution in [-0.2, 0) is 0 Å². The highest BCUT2D eigenvalue weighted by atomic mass is 14.8. The number of nitrogens with two attached hydrogens (primary N) is 1. The van der Waals surface area contributed by atoms with Gasteiger partial charge in [-0.1, -0.05) is 0 Å². The number of nitrogen functional groups attached to an aromatic ring is 1. The Hall–Kier alpha value is -1.05. The molecule has 2 nitrogen and oxygen atoms in total. The molecule has 41 valence electrons. The van der Waals surface area contributed by atoms with Crippen LogP contribution in [0.2, 0.25) is 0 Å². The number of aryl methyl sites for hydroxylation is 1. The molecule has 1 radical (unpaired) electrons. The van der Waals surface area contributed by atoms with E-state index >= 15 is 0 Å². The standard InChI is InChI=1S/C6H7N2/c1-5-3-2-4-6(7)8-5/h3-4H,1H3,(H2,7,8). The molecule has 1 aromatic rings. The van der Waals surface area contributed by atoms with Gasteiger partial charge >= 0.3 is 0 Å². The molecule has 0 bridgehead atoms. The minimum absolute atomic E-state index is 0.532. The van der Waals surface area contributed by atoms with E-state index in [4.69, 9.17) is 5.73 Å². The fraction of sp³-hybridized carbons (Fsp3) is 0.167. The minimum atomic E-state index is 0.532. The van der Waals surface area contributed by atoms with E-state index in [0.717, 1.165) is 5.69 Å². The molecule has 0 amide bonds. The molecule has 2 heteroatoms. The van der Waals surface area contributed by atoms with E-state index < -0.39 is 0 Å². The van der Waals surface area contributed by atoms with Crippen molar-refractivity contribution in [3.63, 3.8) is 0 Å². The van der Waals surface area contributed by atoms with Gasteiger partial charge in [0.05, 0.1) is 0 Å². The zero-order chi connectivity index (χ0) is 5.98. The third-order valence-electron chi connectivity index (χ3n) is 0.829. The molecule has 0 aromatic carbocycles. The van der Waals surface area contributed by atoms with Gasteiger partial charge in [0, 0.05) is 5.69 Å². The van der Waals surface area contributed by atoms with E-state index in [1.807, 2.05) is 6.92 Å². The molecule has 1 aromatic heterocycles. The zero-order valence-corrected chi connectivity index (χ0v) is 4.68. The fourth-order valence-electron chi connectivity index (χ4n) is 0.516. The summed E-state index contributed by atoms with van der Waals surface area (Å²) >= 11 is 0. The molecule has 0 fully saturated rings. The van der Waals surface area contributed by atoms with Crippen molar-refractivity contribution in [2.45, 2.75) is 6.92 Å². The van der Waals surface area contributed by atoms with Crippen LogP contribution < -0.4 is 5.73 Å². The zero-order valence-electron chi connectivity index (χ0n) is 4.68. The molecule has 8 heavy (non-hydrogen) atoms. The number of rotatable bonds is 0. The molecule has 0 saturated carbocycles. The maximum atomic E-state index is 5.32. The quantitative estimate of drug-likeness (QED) is 0.532. The number of anilines is 1. The summed E-state index contributed by atoms with van der Waals surface area (Å²) in [6, 6.07) is 6.28. The Morgan fingerprint density at radius 1 is 1.62 bits per heavy atom. The lowest BCUT2D eigenvalue weighted by molar-refractivity contribution is 1.21. The first-order valence-corrected chi connectivity index (χ1v) is 2.39. The molecule has 0 unspecified atom stereocenters. The van der Waals surface area contributed by atoms with Crippen LogP contribution in [-0.4, -0.2) is 4.98 Å². The van der Waals surface area contributed by atoms with Crippen molar-refractivity contribution in [3.8, 4) is 0 Å². The summed E-state index contributed by atoms with van der Waals surface area (Å²) in [5.74, 6) is 0.532. The van der Waals surface area contributed by atoms with Crippen molar-refractivity contribution in [1.29, 1.82) is 0 Å². The Labute approximate surface area is 48.4 Å². The molecule has 2 N–H and O–H groups in total. The molecule has 0 spiro atoms. The van der Waals surface area contributed by atoms with Gasteiger partial charge in [-0.25, -0.2) is 4.98 Å². The molecular formula is C6H7N2. The third-order valence-corrected chi connectivity index (χ3v) is 0.829. The van der Waals surface area contributed by atoms with Gasteiger partial charge in [0.15, 0.2) is 0 Å². The lowest BCUT2D eigenvalue weighted by atomic mass is 10.4. The van der Waals surface area contributed by atoms with Crippen LogP contribution in [0.3, 0.4) is 0 Å². The molecule has 1 heterocycles. The first-order chi connectivity index (χ1) is 3.79. The highest BCUT2D eigenvalue weighted by molar-refractivity contribution is 5.27. The fourth-order valence-corrected chi connectivity index (χ4v) is 0.516. The van der Waals surface area contributed by atoms with E-state index in [1.54, 1.807) is 12.1 Å². The van der Waals surface area contributed by atoms with Crippen LogP contribution in [0.25, 0.3) is 0 Å². The van der Waals surface area contributed by atoms with Gasteiger partial charge in [0.2, 0.25) is 0 Å². The number of pyridine rings is 1. The smallest absolute Gasteiger partial charge is 0.124 e. The lowest BCUT2D eigenvalue weighted by Crippen LogP contribution is -1.89. The minimum Gasteiger partial charge on any atom is -0.384 e. The van der Waals surface area contributed by atoms with E-state index in [9.17, 15) is 0 Å². The molecule has 0 saturated heterocycles. The predicted octanol–water partition coefficient (Wildman–Crippen LogP) is 0.772. The van der Waals surface area contributed by atoms with Crippen LogP contribution in [0, 0.1) is 13.0 Å². The van der Waals surface area contributed by atoms with Gasteiger partial charge in [-0.05, 0) is 25.1 Å². The van der Waals surface area contributed by atoms with E-state index in [-0.39, 0.29) is 0 Å². The van der Waals surface area contributed by atoms with Crippen molar-refractivity contribution in [3.05, 3.63) is 23.9 Å². The van der Waals surface area contributed by atoms with Crippen LogP contribution in [0.1, 0.15) is 5.69 Å². The summed E-state index contributed by atoms with van der Waals surface area (Å²) < 4.78 is 0. The lowest BCUT2D eigenvalue weighted by Gasteiger charge is -1.89. The van der Waals surface area contributed by atoms with Crippen LogP contribution in [0.15, 0.2) is 12.1 Å². The van der Waals surface area contributed by atoms with Crippen molar-refractivity contribution in [1.82, 2.24) is 4.98 Å². The second kappa shape index (κ2) is 1.82. The Bertz CT molecular complexity index is 166. The highest BCUT2D eigenvalue weighted by Gasteiger charge is 1.83. The molecule has 0 atom stereocenters. The monoisotopic (exact) mass is 107 g/mol. The second-order valence-corrected chi connectivity index (χ2v) is 1.63. The average molecular weight is 107 g/mol. The first kappa shape index (κ1) is 5.09. The Kier molecular flexibility index (Phi) is 1.16. The van der Waals surface area contributed by atoms with E-state index in [2.05, 4.69) is 11.1 Å². The third kappa shape index (κ3) is 0.964. The summed E-state index contributed by atoms with van der Waals surface area (Å²) in [5.41, 5.74) is 6.22. The van der Waals surface area contributed by atoms with Gasteiger partial charge in [-0.2, -0.15) is 0 Å². The normalized spacial score (nSPS) is 9.12. The van der Waals surface area contributed by atoms with Gasteiger partial charge < -0.3 is 5.73 Å². The molecule has 0 aliphatic rings. The molecule has 1 rings (SSSR count). The van der Waals surface area contributed by atoms with Crippen LogP contribution >= 0.6 is 0 Å². The Balaban J connectivity index is 3.08. The van der Waals surface area contributed by atoms with Crippen LogP contribution in [0.5, 0.6) is 0 Å². The summed E-state index contributed by atoms with van der Waals surface area (Å²) in [6.45, 7) is 1.88. The van der Waals surface area contributed by atoms with Gasteiger partial charge in [0.1, 0.15) is 5.82 Å². The summed E-state index contributed by atoms with van der Waals surface area (Å²) in [6.07, 6.45) is 0. The molecular weight excluding hydrogens is 100 g/mol. The Morgan fingerprint density at radius 2 is 2.38 bits per heavy atom. The largest absolute Gasteiger partial charge is 0.384 e. The van der Waals surface area contributed by atoms with E-state index in [1.165, 1.54) is 0 Å². The van der Waals surface area contributed by atoms with Crippen molar-refractivity contribution < 1.29 is 0 Å². The maximum Gasteiger partial charge on any atom is 0.124 e. The average Bonchev–Trinajstić information content (AvgIpc) is 1.64. The van der Waals surface area contributed by atoms with Crippen molar-refractivity contribution in [2.75, 3.05) is 5.73 Å². The number of nitrogens with zero attached hydrogens (tertiary/aromatic N) is 1. The number of hydrogen-bond acceptors (Lipinski definition) is 2. The summed E-state index contributed by atoms with van der Waals surface area (Å²) in [4.78, 5) is 3.92. The summed E-state index contributed by atoms with van der Waals surface area (Å²) in [7, 11) is 0. The predicted molar refractivity (Wildman–Crippen MR) is 32.2 cm³/mol. The highest BCUT2D eigenvalue weighted by Crippen LogP contribution is 1.95. The summed E-state index contributed by atoms with van der Waals surface area (Å²) in [5, 5.41) is 0. The molecule has 0 aliphatic carbocycles. The van der Waals surface area contributed by atoms with Gasteiger partial charge in [0.25, 0.3) is 0 Å². The topological polar surface area (TPSA) is 38.9 Å². The molecule has 0 aliphatic heterocycles. The second-order valence-electron chi connectivity index (χ2n) is 1.63. The van der Waals surface area contributed by atoms with Crippen molar-refractivity contribution in [2.24, 2.45) is 0 Å². The maximum absolute atomic E-state index is 5.32. The van der Waals surface area contributed by atoms with Gasteiger partial charge in [-0.3, -0.25) is 0 Å². The van der Waals surface area contributed by atoms with E-state index in [0.29, 0.717) is 5.82 Å². The van der Waals surface area contributed by atoms with Gasteiger partial charge in [-0.15, -0.1) is 0 Å². The number of hydrogen-bond donors (Lipinski definition) is 1. The first-order valence-electron chi connectivity index (χ1n) is 2.39. The Morgan fingerprint density at radius 3 is 2.75 bits per heavy atom. The van der Waals surface area contributed by atoms with Crippen molar-refractivity contribution >= 4 is 5.82 Å². The number of aromatic nitrogens is 1. The van der Waals surface area contributed by atoms with Crippen LogP contribution in [0.4, 0.5) is 5.82 Å².